The van der Waals surface area contributed by atoms with Crippen LogP contribution in [0, 0.1) is 20.2 Å². The van der Waals surface area contributed by atoms with Crippen molar-refractivity contribution < 1.29 is 24.2 Å². The van der Waals surface area contributed by atoms with E-state index in [0.29, 0.717) is 5.56 Å². The van der Waals surface area contributed by atoms with Gasteiger partial charge in [-0.25, -0.2) is 5.43 Å². The van der Waals surface area contributed by atoms with Gasteiger partial charge in [0, 0.05) is 21.8 Å². The number of carbonyl (C=O) groups excluding carboxylic acids is 2. The summed E-state index contributed by atoms with van der Waals surface area (Å²) < 4.78 is 5.46. The summed E-state index contributed by atoms with van der Waals surface area (Å²) in [6.45, 7) is 0. The molecule has 2 N–H and O–H groups in total. The summed E-state index contributed by atoms with van der Waals surface area (Å²) in [5, 5.41) is 28.6. The van der Waals surface area contributed by atoms with E-state index in [4.69, 9.17) is 27.9 Å². The van der Waals surface area contributed by atoms with E-state index in [1.54, 1.807) is 0 Å². The molecular formula is C21H13Cl2N5O7. The van der Waals surface area contributed by atoms with Crippen LogP contribution >= 0.6 is 23.2 Å². The minimum absolute atomic E-state index is 0.179. The maximum atomic E-state index is 11.9. The number of nitrogens with zero attached hydrogens (tertiary/aromatic N) is 3. The Labute approximate surface area is 206 Å². The molecule has 0 bridgehead atoms. The molecule has 178 valence electrons. The van der Waals surface area contributed by atoms with Crippen molar-refractivity contribution in [3.8, 4) is 11.5 Å². The van der Waals surface area contributed by atoms with Crippen molar-refractivity contribution in [2.24, 2.45) is 5.10 Å². The Morgan fingerprint density at radius 3 is 2.14 bits per heavy atom. The highest BCUT2D eigenvalue weighted by atomic mass is 35.5. The molecule has 0 fully saturated rings. The Kier molecular flexibility index (Phi) is 7.92. The van der Waals surface area contributed by atoms with Gasteiger partial charge in [0.2, 0.25) is 5.75 Å². The van der Waals surface area contributed by atoms with E-state index < -0.39 is 33.0 Å². The quantitative estimate of drug-likeness (QED) is 0.198. The van der Waals surface area contributed by atoms with Crippen LogP contribution in [0.2, 0.25) is 10.0 Å². The molecule has 3 rings (SSSR count). The van der Waals surface area contributed by atoms with E-state index in [9.17, 15) is 29.8 Å². The minimum Gasteiger partial charge on any atom is -0.450 e. The minimum atomic E-state index is -1.04. The fourth-order valence-corrected chi connectivity index (χ4v) is 3.15. The normalized spacial score (nSPS) is 10.6. The van der Waals surface area contributed by atoms with Crippen LogP contribution in [0.3, 0.4) is 0 Å². The van der Waals surface area contributed by atoms with Crippen molar-refractivity contribution >= 4 is 58.3 Å². The zero-order chi connectivity index (χ0) is 25.5. The van der Waals surface area contributed by atoms with E-state index in [-0.39, 0.29) is 27.2 Å². The predicted molar refractivity (Wildman–Crippen MR) is 127 cm³/mol. The lowest BCUT2D eigenvalue weighted by Crippen LogP contribution is -2.32. The summed E-state index contributed by atoms with van der Waals surface area (Å²) in [5.41, 5.74) is 1.78. The number of nitro benzene ring substituents is 2. The van der Waals surface area contributed by atoms with E-state index in [1.807, 2.05) is 0 Å². The average molecular weight is 518 g/mol. The van der Waals surface area contributed by atoms with Crippen LogP contribution in [0.1, 0.15) is 5.56 Å². The fraction of sp³-hybridized carbons (Fsp3) is 0. The Balaban J connectivity index is 1.60. The second kappa shape index (κ2) is 11.0. The zero-order valence-electron chi connectivity index (χ0n) is 17.3. The van der Waals surface area contributed by atoms with Crippen LogP contribution in [-0.4, -0.2) is 27.9 Å². The van der Waals surface area contributed by atoms with Crippen molar-refractivity contribution in [1.82, 2.24) is 5.43 Å². The number of hydrogen-bond donors (Lipinski definition) is 2. The molecule has 12 nitrogen and oxygen atoms in total. The van der Waals surface area contributed by atoms with Crippen molar-refractivity contribution in [2.45, 2.75) is 0 Å². The lowest BCUT2D eigenvalue weighted by atomic mass is 10.2. The molecule has 0 saturated heterocycles. The molecule has 3 aromatic carbocycles. The number of ether oxygens (including phenoxy) is 1. The first-order valence-corrected chi connectivity index (χ1v) is 10.2. The fourth-order valence-electron chi connectivity index (χ4n) is 2.63. The number of hydrazone groups is 1. The first-order valence-electron chi connectivity index (χ1n) is 9.43. The highest BCUT2D eigenvalue weighted by molar-refractivity contribution is 6.40. The van der Waals surface area contributed by atoms with Gasteiger partial charge in [-0.05, 0) is 54.1 Å². The number of carbonyl (C=O) groups is 2. The summed E-state index contributed by atoms with van der Waals surface area (Å²) >= 11 is 11.7. The summed E-state index contributed by atoms with van der Waals surface area (Å²) in [6, 6.07) is 13.3. The molecule has 0 unspecified atom stereocenters. The number of non-ortho nitro benzene ring substituents is 1. The van der Waals surface area contributed by atoms with Crippen LogP contribution in [0.15, 0.2) is 65.8 Å². The Morgan fingerprint density at radius 1 is 0.886 bits per heavy atom. The third-order valence-corrected chi connectivity index (χ3v) is 4.60. The first kappa shape index (κ1) is 25.1. The van der Waals surface area contributed by atoms with E-state index >= 15 is 0 Å². The predicted octanol–water partition coefficient (Wildman–Crippen LogP) is 4.69. The number of nitrogens with one attached hydrogen (secondary N) is 2. The smallest absolute Gasteiger partial charge is 0.329 e. The number of amides is 2. The lowest BCUT2D eigenvalue weighted by Gasteiger charge is -2.06. The van der Waals surface area contributed by atoms with Crippen LogP contribution < -0.4 is 15.5 Å². The van der Waals surface area contributed by atoms with E-state index in [2.05, 4.69) is 15.8 Å². The molecule has 0 atom stereocenters. The lowest BCUT2D eigenvalue weighted by molar-refractivity contribution is -0.394. The van der Waals surface area contributed by atoms with Gasteiger partial charge in [0.25, 0.3) is 5.69 Å². The van der Waals surface area contributed by atoms with Crippen molar-refractivity contribution in [3.05, 3.63) is 96.5 Å². The van der Waals surface area contributed by atoms with Crippen LogP contribution in [0.5, 0.6) is 11.5 Å². The number of anilines is 1. The maximum absolute atomic E-state index is 11.9. The highest BCUT2D eigenvalue weighted by Gasteiger charge is 2.21. The van der Waals surface area contributed by atoms with Gasteiger partial charge in [-0.3, -0.25) is 29.8 Å². The van der Waals surface area contributed by atoms with Crippen molar-refractivity contribution in [3.63, 3.8) is 0 Å². The molecule has 0 aliphatic heterocycles. The van der Waals surface area contributed by atoms with Gasteiger partial charge in [0.1, 0.15) is 5.75 Å². The molecule has 0 aromatic heterocycles. The molecule has 0 radical (unpaired) electrons. The first-order chi connectivity index (χ1) is 16.6. The molecule has 14 heteroatoms. The summed E-state index contributed by atoms with van der Waals surface area (Å²) in [7, 11) is 0. The van der Waals surface area contributed by atoms with Gasteiger partial charge in [0.15, 0.2) is 0 Å². The number of rotatable bonds is 7. The summed E-state index contributed by atoms with van der Waals surface area (Å²) in [4.78, 5) is 44.3. The number of nitro groups is 2. The van der Waals surface area contributed by atoms with Gasteiger partial charge < -0.3 is 10.1 Å². The molecule has 0 spiro atoms. The molecule has 35 heavy (non-hydrogen) atoms. The summed E-state index contributed by atoms with van der Waals surface area (Å²) in [6.07, 6.45) is 1.25. The monoisotopic (exact) mass is 517 g/mol. The molecule has 0 aliphatic carbocycles. The SMILES string of the molecule is O=C(N/N=C/c1ccc(Oc2ccc([N+](=O)[O-])cc2[N+](=O)[O-])cc1)C(=O)Nc1cc(Cl)cc(Cl)c1. The molecule has 0 saturated carbocycles. The highest BCUT2D eigenvalue weighted by Crippen LogP contribution is 2.34. The summed E-state index contributed by atoms with van der Waals surface area (Å²) in [5.74, 6) is -2.00. The zero-order valence-corrected chi connectivity index (χ0v) is 18.8. The molecule has 0 aliphatic rings. The van der Waals surface area contributed by atoms with Crippen LogP contribution in [-0.2, 0) is 9.59 Å². The standard InChI is InChI=1S/C21H13Cl2N5O7/c22-13-7-14(23)9-15(8-13)25-20(29)21(30)26-24-11-12-1-4-17(5-2-12)35-19-6-3-16(27(31)32)10-18(19)28(33)34/h1-11H,(H,25,29)(H,26,30)/b24-11+. The Morgan fingerprint density at radius 2 is 1.54 bits per heavy atom. The van der Waals surface area contributed by atoms with Gasteiger partial charge >= 0.3 is 17.5 Å². The molecule has 0 heterocycles. The van der Waals surface area contributed by atoms with Gasteiger partial charge in [-0.1, -0.05) is 23.2 Å². The second-order valence-electron chi connectivity index (χ2n) is 6.65. The number of benzene rings is 3. The van der Waals surface area contributed by atoms with Crippen LogP contribution in [0.25, 0.3) is 0 Å². The van der Waals surface area contributed by atoms with Crippen molar-refractivity contribution in [1.29, 1.82) is 0 Å². The van der Waals surface area contributed by atoms with Gasteiger partial charge in [0.05, 0.1) is 22.1 Å². The van der Waals surface area contributed by atoms with Crippen molar-refractivity contribution in [2.75, 3.05) is 5.32 Å². The van der Waals surface area contributed by atoms with Gasteiger partial charge in [-0.2, -0.15) is 5.10 Å². The Bertz CT molecular complexity index is 1330. The third kappa shape index (κ3) is 6.96. The number of halogens is 2. The van der Waals surface area contributed by atoms with Gasteiger partial charge in [-0.15, -0.1) is 0 Å². The third-order valence-electron chi connectivity index (χ3n) is 4.16. The number of hydrogen-bond acceptors (Lipinski definition) is 8. The van der Waals surface area contributed by atoms with E-state index in [0.717, 1.165) is 18.2 Å². The van der Waals surface area contributed by atoms with E-state index in [1.165, 1.54) is 48.7 Å². The average Bonchev–Trinajstić information content (AvgIpc) is 2.79. The topological polar surface area (TPSA) is 166 Å². The van der Waals surface area contributed by atoms with Crippen LogP contribution in [0.4, 0.5) is 17.1 Å². The largest absolute Gasteiger partial charge is 0.450 e. The molecule has 2 amide bonds. The maximum Gasteiger partial charge on any atom is 0.329 e. The molecular weight excluding hydrogens is 505 g/mol. The second-order valence-corrected chi connectivity index (χ2v) is 7.52. The Hall–Kier alpha value is -4.55. The molecule has 3 aromatic rings.